The maximum Gasteiger partial charge on any atom is 0.343 e. The Morgan fingerprint density at radius 1 is 1.38 bits per heavy atom. The van der Waals surface area contributed by atoms with E-state index in [0.29, 0.717) is 18.4 Å². The summed E-state index contributed by atoms with van der Waals surface area (Å²) < 4.78 is 4.76. The van der Waals surface area contributed by atoms with Crippen LogP contribution in [-0.4, -0.2) is 24.0 Å². The van der Waals surface area contributed by atoms with E-state index in [1.807, 2.05) is 19.1 Å². The van der Waals surface area contributed by atoms with E-state index in [1.54, 1.807) is 18.2 Å². The number of carbonyl (C=O) groups is 2. The summed E-state index contributed by atoms with van der Waals surface area (Å²) in [6.45, 7) is 2.02. The molecule has 1 aliphatic carbocycles. The average molecular weight is 288 g/mol. The first kappa shape index (κ1) is 15.4. The van der Waals surface area contributed by atoms with E-state index >= 15 is 0 Å². The molecular formula is C17H20O4. The highest BCUT2D eigenvalue weighted by molar-refractivity contribution is 5.98. The van der Waals surface area contributed by atoms with Crippen molar-refractivity contribution in [3.63, 3.8) is 0 Å². The van der Waals surface area contributed by atoms with Crippen LogP contribution < -0.4 is 0 Å². The molecule has 4 heteroatoms. The van der Waals surface area contributed by atoms with Gasteiger partial charge in [-0.15, -0.1) is 0 Å². The van der Waals surface area contributed by atoms with Gasteiger partial charge in [0.05, 0.1) is 13.0 Å². The summed E-state index contributed by atoms with van der Waals surface area (Å²) in [5.41, 5.74) is -0.427. The predicted octanol–water partition coefficient (Wildman–Crippen LogP) is 2.14. The molecule has 112 valence electrons. The molecule has 0 aliphatic heterocycles. The van der Waals surface area contributed by atoms with Crippen molar-refractivity contribution in [3.8, 4) is 0 Å². The third-order valence-electron chi connectivity index (χ3n) is 4.05. The predicted molar refractivity (Wildman–Crippen MR) is 78.6 cm³/mol. The summed E-state index contributed by atoms with van der Waals surface area (Å²) in [4.78, 5) is 24.3. The van der Waals surface area contributed by atoms with Gasteiger partial charge < -0.3 is 9.84 Å². The fourth-order valence-corrected chi connectivity index (χ4v) is 2.75. The van der Waals surface area contributed by atoms with Gasteiger partial charge in [-0.25, -0.2) is 4.79 Å². The van der Waals surface area contributed by atoms with Crippen LogP contribution in [-0.2, 0) is 26.3 Å². The molecule has 0 unspecified atom stereocenters. The van der Waals surface area contributed by atoms with Crippen molar-refractivity contribution in [1.82, 2.24) is 0 Å². The van der Waals surface area contributed by atoms with Crippen molar-refractivity contribution in [2.24, 2.45) is 5.92 Å². The van der Waals surface area contributed by atoms with Gasteiger partial charge in [-0.1, -0.05) is 37.3 Å². The van der Waals surface area contributed by atoms with E-state index in [2.05, 4.69) is 0 Å². The fraction of sp³-hybridized carbons (Fsp3) is 0.412. The summed E-state index contributed by atoms with van der Waals surface area (Å²) in [6, 6.07) is 7.10. The molecule has 1 N–H and O–H groups in total. The maximum atomic E-state index is 12.2. The van der Waals surface area contributed by atoms with E-state index in [4.69, 9.17) is 4.74 Å². The van der Waals surface area contributed by atoms with Crippen molar-refractivity contribution < 1.29 is 19.4 Å². The van der Waals surface area contributed by atoms with Gasteiger partial charge in [0.2, 0.25) is 0 Å². The molecule has 0 bridgehead atoms. The molecule has 0 amide bonds. The molecule has 21 heavy (non-hydrogen) atoms. The minimum atomic E-state index is -1.93. The van der Waals surface area contributed by atoms with Crippen molar-refractivity contribution in [2.45, 2.75) is 31.8 Å². The van der Waals surface area contributed by atoms with Crippen molar-refractivity contribution in [3.05, 3.63) is 47.5 Å². The van der Waals surface area contributed by atoms with Crippen LogP contribution in [0.4, 0.5) is 0 Å². The van der Waals surface area contributed by atoms with Crippen molar-refractivity contribution in [2.75, 3.05) is 7.11 Å². The number of aliphatic hydroxyl groups is 1. The molecule has 0 fully saturated rings. The highest BCUT2D eigenvalue weighted by Crippen LogP contribution is 2.37. The molecule has 0 aromatic heterocycles. The Morgan fingerprint density at radius 3 is 2.57 bits per heavy atom. The smallest absolute Gasteiger partial charge is 0.343 e. The Hall–Kier alpha value is -1.94. The number of rotatable bonds is 4. The number of carbonyl (C=O) groups excluding carboxylic acids is 2. The topological polar surface area (TPSA) is 63.6 Å². The van der Waals surface area contributed by atoms with Gasteiger partial charge in [0, 0.05) is 0 Å². The number of aryl methyl sites for hydroxylation is 1. The van der Waals surface area contributed by atoms with E-state index in [9.17, 15) is 14.7 Å². The highest BCUT2D eigenvalue weighted by atomic mass is 16.5. The Labute approximate surface area is 124 Å². The zero-order valence-corrected chi connectivity index (χ0v) is 12.3. The standard InChI is InChI=1S/C17H20O4/c1-3-12-8-10-13(11-9-12)17(20,16(19)21-2)14-6-4-5-7-15(14)18/h5,7-11,14,20H,3-4,6H2,1-2H3/t14-,17-/m1/s1. The van der Waals surface area contributed by atoms with Crippen LogP contribution in [0.3, 0.4) is 0 Å². The number of hydrogen-bond donors (Lipinski definition) is 1. The molecule has 0 radical (unpaired) electrons. The summed E-state index contributed by atoms with van der Waals surface area (Å²) in [5, 5.41) is 11.0. The molecule has 0 spiro atoms. The number of allylic oxidation sites excluding steroid dienone is 2. The third-order valence-corrected chi connectivity index (χ3v) is 4.05. The highest BCUT2D eigenvalue weighted by Gasteiger charge is 2.49. The molecule has 1 aromatic rings. The largest absolute Gasteiger partial charge is 0.467 e. The minimum absolute atomic E-state index is 0.242. The van der Waals surface area contributed by atoms with Gasteiger partial charge in [-0.3, -0.25) is 4.79 Å². The second-order valence-electron chi connectivity index (χ2n) is 5.24. The zero-order valence-electron chi connectivity index (χ0n) is 12.3. The second kappa shape index (κ2) is 6.22. The molecule has 2 rings (SSSR count). The van der Waals surface area contributed by atoms with Gasteiger partial charge in [0.25, 0.3) is 0 Å². The maximum absolute atomic E-state index is 12.2. The van der Waals surface area contributed by atoms with Crippen LogP contribution in [0.5, 0.6) is 0 Å². The monoisotopic (exact) mass is 288 g/mol. The van der Waals surface area contributed by atoms with Gasteiger partial charge >= 0.3 is 5.97 Å². The first-order valence-electron chi connectivity index (χ1n) is 7.14. The summed E-state index contributed by atoms with van der Waals surface area (Å²) >= 11 is 0. The van der Waals surface area contributed by atoms with E-state index in [1.165, 1.54) is 13.2 Å². The third kappa shape index (κ3) is 2.76. The number of ketones is 1. The quantitative estimate of drug-likeness (QED) is 0.862. The summed E-state index contributed by atoms with van der Waals surface area (Å²) in [5.74, 6) is -1.84. The number of esters is 1. The summed E-state index contributed by atoms with van der Waals surface area (Å²) in [6.07, 6.45) is 5.14. The molecule has 1 aromatic carbocycles. The first-order chi connectivity index (χ1) is 10.0. The number of benzene rings is 1. The van der Waals surface area contributed by atoms with Crippen LogP contribution in [0.2, 0.25) is 0 Å². The lowest BCUT2D eigenvalue weighted by molar-refractivity contribution is -0.173. The van der Waals surface area contributed by atoms with Crippen LogP contribution in [0.1, 0.15) is 30.9 Å². The van der Waals surface area contributed by atoms with E-state index < -0.39 is 17.5 Å². The van der Waals surface area contributed by atoms with Gasteiger partial charge in [-0.2, -0.15) is 0 Å². The lowest BCUT2D eigenvalue weighted by atomic mass is 9.74. The Bertz CT molecular complexity index is 559. The molecular weight excluding hydrogens is 268 g/mol. The molecule has 0 saturated carbocycles. The molecule has 2 atom stereocenters. The SMILES string of the molecule is CCc1ccc([C@](O)(C(=O)OC)[C@@H]2CCC=CC2=O)cc1. The lowest BCUT2D eigenvalue weighted by Gasteiger charge is -2.33. The second-order valence-corrected chi connectivity index (χ2v) is 5.24. The lowest BCUT2D eigenvalue weighted by Crippen LogP contribution is -2.47. The number of hydrogen-bond acceptors (Lipinski definition) is 4. The molecule has 0 saturated heterocycles. The van der Waals surface area contributed by atoms with Crippen molar-refractivity contribution >= 4 is 11.8 Å². The van der Waals surface area contributed by atoms with E-state index in [0.717, 1.165) is 12.0 Å². The Morgan fingerprint density at radius 2 is 2.05 bits per heavy atom. The van der Waals surface area contributed by atoms with E-state index in [-0.39, 0.29) is 5.78 Å². The van der Waals surface area contributed by atoms with Crippen LogP contribution in [0.15, 0.2) is 36.4 Å². The zero-order chi connectivity index (χ0) is 15.5. The number of ether oxygens (including phenoxy) is 1. The first-order valence-corrected chi connectivity index (χ1v) is 7.14. The molecule has 1 aliphatic rings. The average Bonchev–Trinajstić information content (AvgIpc) is 2.54. The van der Waals surface area contributed by atoms with Crippen molar-refractivity contribution in [1.29, 1.82) is 0 Å². The number of methoxy groups -OCH3 is 1. The Kier molecular flexibility index (Phi) is 4.58. The fourth-order valence-electron chi connectivity index (χ4n) is 2.75. The minimum Gasteiger partial charge on any atom is -0.467 e. The summed E-state index contributed by atoms with van der Waals surface area (Å²) in [7, 11) is 1.22. The molecule has 0 heterocycles. The molecule has 4 nitrogen and oxygen atoms in total. The van der Waals surface area contributed by atoms with Gasteiger partial charge in [-0.05, 0) is 36.5 Å². The van der Waals surface area contributed by atoms with Crippen LogP contribution >= 0.6 is 0 Å². The Balaban J connectivity index is 2.47. The van der Waals surface area contributed by atoms with Crippen LogP contribution in [0.25, 0.3) is 0 Å². The van der Waals surface area contributed by atoms with Gasteiger partial charge in [0.1, 0.15) is 0 Å². The van der Waals surface area contributed by atoms with Crippen LogP contribution in [0, 0.1) is 5.92 Å². The van der Waals surface area contributed by atoms with Gasteiger partial charge in [0.15, 0.2) is 11.4 Å². The normalized spacial score (nSPS) is 20.9.